The average Bonchev–Trinajstić information content (AvgIpc) is 2.73. The largest absolute Gasteiger partial charge is 0.548 e. The number of thiophene rings is 1. The van der Waals surface area contributed by atoms with Crippen molar-refractivity contribution in [2.24, 2.45) is 0 Å². The van der Waals surface area contributed by atoms with Gasteiger partial charge in [0.2, 0.25) is 0 Å². The minimum absolute atomic E-state index is 0.355. The molecule has 0 bridgehead atoms. The summed E-state index contributed by atoms with van der Waals surface area (Å²) in [7, 11) is 0. The quantitative estimate of drug-likeness (QED) is 0.746. The van der Waals surface area contributed by atoms with Crippen LogP contribution in [0.25, 0.3) is 0 Å². The second-order valence-electron chi connectivity index (χ2n) is 4.49. The van der Waals surface area contributed by atoms with Gasteiger partial charge >= 0.3 is 0 Å². The molecule has 1 rings (SSSR count). The lowest BCUT2D eigenvalue weighted by molar-refractivity contribution is -0.307. The van der Waals surface area contributed by atoms with Gasteiger partial charge in [0.05, 0.1) is 21.8 Å². The van der Waals surface area contributed by atoms with Crippen molar-refractivity contribution in [3.05, 3.63) is 21.9 Å². The fourth-order valence-corrected chi connectivity index (χ4v) is 1.83. The molecule has 0 radical (unpaired) electrons. The van der Waals surface area contributed by atoms with Crippen molar-refractivity contribution in [2.45, 2.75) is 32.4 Å². The Hall–Kier alpha value is -1.84. The number of carbonyl (C=O) groups excluding carboxylic acids is 2. The number of amides is 1. The number of hydrogen-bond donors (Lipinski definition) is 2. The molecule has 0 saturated heterocycles. The van der Waals surface area contributed by atoms with Gasteiger partial charge in [0, 0.05) is 0 Å². The molecular weight excluding hydrogens is 266 g/mol. The third-order valence-electron chi connectivity index (χ3n) is 2.02. The van der Waals surface area contributed by atoms with E-state index in [-0.39, 0.29) is 0 Å². The molecule has 0 aliphatic heterocycles. The number of carbonyl (C=O) groups is 2. The summed E-state index contributed by atoms with van der Waals surface area (Å²) in [5, 5.41) is 22.3. The minimum atomic E-state index is -1.34. The van der Waals surface area contributed by atoms with E-state index >= 15 is 0 Å². The van der Waals surface area contributed by atoms with Crippen molar-refractivity contribution < 1.29 is 19.8 Å². The maximum Gasteiger partial charge on any atom is 0.261 e. The molecule has 1 heterocycles. The van der Waals surface area contributed by atoms with Crippen molar-refractivity contribution in [3.63, 3.8) is 0 Å². The van der Waals surface area contributed by atoms with E-state index in [1.165, 1.54) is 6.92 Å². The highest BCUT2D eigenvalue weighted by Crippen LogP contribution is 2.15. The van der Waals surface area contributed by atoms with E-state index < -0.39 is 23.5 Å². The third-order valence-corrected chi connectivity index (χ3v) is 3.02. The summed E-state index contributed by atoms with van der Waals surface area (Å²) >= 11 is 1.13. The van der Waals surface area contributed by atoms with Crippen molar-refractivity contribution in [1.82, 2.24) is 5.32 Å². The van der Waals surface area contributed by atoms with Gasteiger partial charge in [0.15, 0.2) is 0 Å². The summed E-state index contributed by atoms with van der Waals surface area (Å²) in [4.78, 5) is 23.2. The van der Waals surface area contributed by atoms with Crippen LogP contribution in [0.15, 0.2) is 12.1 Å². The highest BCUT2D eigenvalue weighted by molar-refractivity contribution is 7.14. The van der Waals surface area contributed by atoms with Crippen LogP contribution < -0.4 is 10.4 Å². The molecule has 5 nitrogen and oxygen atoms in total. The number of carboxylic acid groups (broad SMARTS) is 1. The first-order valence-corrected chi connectivity index (χ1v) is 6.38. The fourth-order valence-electron chi connectivity index (χ4n) is 1.07. The lowest BCUT2D eigenvalue weighted by Gasteiger charge is -2.13. The minimum Gasteiger partial charge on any atom is -0.548 e. The van der Waals surface area contributed by atoms with Crippen molar-refractivity contribution >= 4 is 23.2 Å². The summed E-state index contributed by atoms with van der Waals surface area (Å²) in [5.41, 5.74) is -1.10. The molecule has 19 heavy (non-hydrogen) atoms. The number of aliphatic hydroxyl groups is 1. The van der Waals surface area contributed by atoms with E-state index in [0.29, 0.717) is 9.75 Å². The van der Waals surface area contributed by atoms with Gasteiger partial charge in [-0.3, -0.25) is 4.79 Å². The molecule has 0 saturated carbocycles. The predicted octanol–water partition coefficient (Wildman–Crippen LogP) is -0.261. The van der Waals surface area contributed by atoms with E-state index in [1.807, 2.05) is 0 Å². The molecule has 102 valence electrons. The Morgan fingerprint density at radius 3 is 2.63 bits per heavy atom. The summed E-state index contributed by atoms with van der Waals surface area (Å²) in [6.45, 7) is 4.45. The van der Waals surface area contributed by atoms with Gasteiger partial charge < -0.3 is 20.3 Å². The van der Waals surface area contributed by atoms with Crippen molar-refractivity contribution in [3.8, 4) is 11.8 Å². The first-order valence-electron chi connectivity index (χ1n) is 5.56. The van der Waals surface area contributed by atoms with Gasteiger partial charge in [-0.2, -0.15) is 0 Å². The molecule has 0 fully saturated rings. The van der Waals surface area contributed by atoms with Gasteiger partial charge in [-0.1, -0.05) is 11.8 Å². The monoisotopic (exact) mass is 280 g/mol. The van der Waals surface area contributed by atoms with Crippen molar-refractivity contribution in [2.75, 3.05) is 0 Å². The van der Waals surface area contributed by atoms with Gasteiger partial charge in [-0.15, -0.1) is 11.3 Å². The van der Waals surface area contributed by atoms with E-state index in [1.54, 1.807) is 26.0 Å². The van der Waals surface area contributed by atoms with Crippen LogP contribution >= 0.6 is 11.3 Å². The Bertz CT molecular complexity index is 545. The Balaban J connectivity index is 2.77. The Kier molecular flexibility index (Phi) is 4.70. The fraction of sp³-hybridized carbons (Fsp3) is 0.385. The summed E-state index contributed by atoms with van der Waals surface area (Å²) < 4.78 is 0. The molecule has 0 unspecified atom stereocenters. The molecule has 1 aromatic rings. The molecule has 2 N–H and O–H groups in total. The Labute approximate surface area is 115 Å². The number of nitrogens with one attached hydrogen (secondary N) is 1. The molecular formula is C13H14NO4S-. The number of aliphatic carboxylic acids is 1. The topological polar surface area (TPSA) is 89.5 Å². The second-order valence-corrected chi connectivity index (χ2v) is 5.57. The summed E-state index contributed by atoms with van der Waals surface area (Å²) in [5.74, 6) is 3.55. The normalized spacial score (nSPS) is 12.2. The van der Waals surface area contributed by atoms with Gasteiger partial charge in [-0.25, -0.2) is 0 Å². The van der Waals surface area contributed by atoms with E-state index in [2.05, 4.69) is 17.2 Å². The van der Waals surface area contributed by atoms with Crippen LogP contribution in [0.5, 0.6) is 0 Å². The van der Waals surface area contributed by atoms with Gasteiger partial charge in [0.25, 0.3) is 5.91 Å². The Morgan fingerprint density at radius 1 is 1.47 bits per heavy atom. The van der Waals surface area contributed by atoms with E-state index in [0.717, 1.165) is 11.3 Å². The molecule has 1 aromatic heterocycles. The standard InChI is InChI=1S/C13H15NO4S/c1-8(12(16)17)14-11(15)10-5-4-9(19-10)6-7-13(2,3)18/h4-5,8,18H,1-3H3,(H,14,15)(H,16,17)/p-1/t8-/m1/s1. The zero-order valence-electron chi connectivity index (χ0n) is 10.8. The van der Waals surface area contributed by atoms with Crippen LogP contribution in [0, 0.1) is 11.8 Å². The molecule has 6 heteroatoms. The zero-order chi connectivity index (χ0) is 14.6. The summed E-state index contributed by atoms with van der Waals surface area (Å²) in [6, 6.07) is 2.14. The molecule has 0 spiro atoms. The number of hydrogen-bond acceptors (Lipinski definition) is 5. The molecule has 1 amide bonds. The maximum absolute atomic E-state index is 11.7. The molecule has 0 aliphatic carbocycles. The molecule has 0 aliphatic rings. The first-order chi connectivity index (χ1) is 8.69. The first kappa shape index (κ1) is 15.2. The summed E-state index contributed by atoms with van der Waals surface area (Å²) in [6.07, 6.45) is 0. The highest BCUT2D eigenvalue weighted by atomic mass is 32.1. The van der Waals surface area contributed by atoms with E-state index in [4.69, 9.17) is 0 Å². The Morgan fingerprint density at radius 2 is 2.11 bits per heavy atom. The molecule has 0 aromatic carbocycles. The second kappa shape index (κ2) is 5.87. The van der Waals surface area contributed by atoms with Gasteiger partial charge in [0.1, 0.15) is 5.60 Å². The van der Waals surface area contributed by atoms with Crippen LogP contribution in [0.4, 0.5) is 0 Å². The predicted molar refractivity (Wildman–Crippen MR) is 69.4 cm³/mol. The smallest absolute Gasteiger partial charge is 0.261 e. The van der Waals surface area contributed by atoms with Crippen LogP contribution in [-0.4, -0.2) is 28.6 Å². The average molecular weight is 280 g/mol. The van der Waals surface area contributed by atoms with Crippen molar-refractivity contribution in [1.29, 1.82) is 0 Å². The third kappa shape index (κ3) is 5.12. The van der Waals surface area contributed by atoms with Crippen LogP contribution in [0.3, 0.4) is 0 Å². The zero-order valence-corrected chi connectivity index (χ0v) is 11.6. The van der Waals surface area contributed by atoms with Crippen LogP contribution in [0.1, 0.15) is 35.3 Å². The number of carboxylic acids is 1. The number of rotatable bonds is 3. The lowest BCUT2D eigenvalue weighted by atomic mass is 10.1. The van der Waals surface area contributed by atoms with E-state index in [9.17, 15) is 19.8 Å². The SMILES string of the molecule is C[C@@H](NC(=O)c1ccc(C#CC(C)(C)O)s1)C(=O)[O-]. The lowest BCUT2D eigenvalue weighted by Crippen LogP contribution is -2.45. The van der Waals surface area contributed by atoms with Crippen LogP contribution in [0.2, 0.25) is 0 Å². The highest BCUT2D eigenvalue weighted by Gasteiger charge is 2.12. The van der Waals surface area contributed by atoms with Gasteiger partial charge in [-0.05, 0) is 32.9 Å². The molecule has 1 atom stereocenters. The maximum atomic E-state index is 11.7. The van der Waals surface area contributed by atoms with Crippen LogP contribution in [-0.2, 0) is 4.79 Å².